The highest BCUT2D eigenvalue weighted by Crippen LogP contribution is 2.42. The number of cyclic esters (lactones) is 1. The lowest BCUT2D eigenvalue weighted by atomic mass is 9.90. The maximum absolute atomic E-state index is 11.5. The monoisotopic (exact) mass is 572 g/mol. The molecule has 0 unspecified atom stereocenters. The van der Waals surface area contributed by atoms with Crippen molar-refractivity contribution < 1.29 is 53.9 Å². The van der Waals surface area contributed by atoms with Crippen LogP contribution in [0.15, 0.2) is 36.4 Å². The first-order valence-electron chi connectivity index (χ1n) is 13.5. The number of ether oxygens (including phenoxy) is 2. The van der Waals surface area contributed by atoms with Crippen molar-refractivity contribution in [2.24, 2.45) is 0 Å². The van der Waals surface area contributed by atoms with Crippen molar-refractivity contribution >= 4 is 29.8 Å². The minimum Gasteiger partial charge on any atom is -0.478 e. The molecule has 2 aliphatic rings. The van der Waals surface area contributed by atoms with E-state index in [2.05, 4.69) is 6.92 Å². The highest BCUT2D eigenvalue weighted by Gasteiger charge is 2.54. The van der Waals surface area contributed by atoms with Crippen LogP contribution in [0.5, 0.6) is 0 Å². The van der Waals surface area contributed by atoms with Gasteiger partial charge in [-0.1, -0.05) is 44.9 Å². The van der Waals surface area contributed by atoms with Gasteiger partial charge in [0, 0.05) is 0 Å². The first-order valence-corrected chi connectivity index (χ1v) is 13.5. The zero-order chi connectivity index (χ0) is 30.6. The Morgan fingerprint density at radius 3 is 1.68 bits per heavy atom. The van der Waals surface area contributed by atoms with Crippen LogP contribution in [0.1, 0.15) is 105 Å². The Kier molecular flexibility index (Phi) is 12.5. The number of carboxylic acids is 4. The molecule has 0 bridgehead atoms. The zero-order valence-electron chi connectivity index (χ0n) is 23.2. The summed E-state index contributed by atoms with van der Waals surface area (Å²) in [5.74, 6) is -4.94. The summed E-state index contributed by atoms with van der Waals surface area (Å²) in [4.78, 5) is 54.4. The SMILES string of the molecule is CCCCc1ccc(C(=O)O)c(C(=O)O)c1CCCC.O=C(O)c1ccccc1C(=O)O.O=C1OCCOC12CC2. The third-order valence-corrected chi connectivity index (χ3v) is 6.59. The molecule has 2 aromatic rings. The number of carbonyl (C=O) groups is 5. The summed E-state index contributed by atoms with van der Waals surface area (Å²) >= 11 is 0. The number of carboxylic acid groups (broad SMARTS) is 4. The second-order valence-electron chi connectivity index (χ2n) is 9.58. The molecule has 1 aliphatic carbocycles. The molecule has 2 fully saturated rings. The van der Waals surface area contributed by atoms with Crippen LogP contribution in [0.2, 0.25) is 0 Å². The second kappa shape index (κ2) is 15.5. The molecule has 41 heavy (non-hydrogen) atoms. The van der Waals surface area contributed by atoms with Gasteiger partial charge in [-0.25, -0.2) is 24.0 Å². The Bertz CT molecular complexity index is 1230. The fraction of sp³-hybridized carbons (Fsp3) is 0.433. The van der Waals surface area contributed by atoms with Crippen LogP contribution in [0, 0.1) is 0 Å². The van der Waals surface area contributed by atoms with Gasteiger partial charge in [-0.2, -0.15) is 0 Å². The number of aryl methyl sites for hydroxylation is 1. The summed E-state index contributed by atoms with van der Waals surface area (Å²) < 4.78 is 10.0. The number of carbonyl (C=O) groups excluding carboxylic acids is 1. The molecule has 222 valence electrons. The molecule has 2 aromatic carbocycles. The van der Waals surface area contributed by atoms with Gasteiger partial charge < -0.3 is 29.9 Å². The summed E-state index contributed by atoms with van der Waals surface area (Å²) in [5.41, 5.74) is 0.687. The van der Waals surface area contributed by atoms with Gasteiger partial charge in [-0.15, -0.1) is 0 Å². The van der Waals surface area contributed by atoms with Crippen molar-refractivity contribution in [3.63, 3.8) is 0 Å². The van der Waals surface area contributed by atoms with Crippen LogP contribution in [0.25, 0.3) is 0 Å². The van der Waals surface area contributed by atoms with Crippen LogP contribution in [-0.4, -0.2) is 69.1 Å². The lowest BCUT2D eigenvalue weighted by Crippen LogP contribution is -2.35. The molecule has 0 radical (unpaired) electrons. The van der Waals surface area contributed by atoms with Crippen LogP contribution >= 0.6 is 0 Å². The molecule has 11 heteroatoms. The Morgan fingerprint density at radius 1 is 0.732 bits per heavy atom. The summed E-state index contributed by atoms with van der Waals surface area (Å²) in [5, 5.41) is 35.7. The van der Waals surface area contributed by atoms with E-state index in [0.29, 0.717) is 25.2 Å². The maximum Gasteiger partial charge on any atom is 0.338 e. The molecule has 4 N–H and O–H groups in total. The van der Waals surface area contributed by atoms with Crippen molar-refractivity contribution in [1.82, 2.24) is 0 Å². The van der Waals surface area contributed by atoms with Crippen molar-refractivity contribution in [3.8, 4) is 0 Å². The Balaban J connectivity index is 0.000000235. The van der Waals surface area contributed by atoms with Gasteiger partial charge in [0.2, 0.25) is 0 Å². The fourth-order valence-corrected chi connectivity index (χ4v) is 4.23. The first-order chi connectivity index (χ1) is 19.5. The van der Waals surface area contributed by atoms with Gasteiger partial charge in [0.15, 0.2) is 5.60 Å². The maximum atomic E-state index is 11.5. The number of aromatic carboxylic acids is 4. The minimum atomic E-state index is -1.23. The zero-order valence-corrected chi connectivity index (χ0v) is 23.2. The van der Waals surface area contributed by atoms with E-state index in [4.69, 9.17) is 24.8 Å². The molecule has 0 amide bonds. The van der Waals surface area contributed by atoms with E-state index in [1.807, 2.05) is 6.92 Å². The predicted octanol–water partition coefficient (Wildman–Crippen LogP) is 4.94. The van der Waals surface area contributed by atoms with Gasteiger partial charge in [0.25, 0.3) is 0 Å². The average molecular weight is 573 g/mol. The van der Waals surface area contributed by atoms with E-state index in [0.717, 1.165) is 50.5 Å². The average Bonchev–Trinajstić information content (AvgIpc) is 3.73. The molecule has 0 atom stereocenters. The topological polar surface area (TPSA) is 185 Å². The smallest absolute Gasteiger partial charge is 0.338 e. The van der Waals surface area contributed by atoms with E-state index < -0.39 is 29.5 Å². The van der Waals surface area contributed by atoms with Crippen LogP contribution in [0.4, 0.5) is 0 Å². The highest BCUT2D eigenvalue weighted by molar-refractivity contribution is 6.03. The molecule has 0 aromatic heterocycles. The summed E-state index contributed by atoms with van der Waals surface area (Å²) in [6, 6.07) is 8.67. The Morgan fingerprint density at radius 2 is 1.27 bits per heavy atom. The van der Waals surface area contributed by atoms with Crippen molar-refractivity contribution in [3.05, 3.63) is 69.8 Å². The van der Waals surface area contributed by atoms with Crippen molar-refractivity contribution in [2.45, 2.75) is 70.8 Å². The summed E-state index contributed by atoms with van der Waals surface area (Å²) in [6.07, 6.45) is 6.94. The molecule has 1 aliphatic heterocycles. The van der Waals surface area contributed by atoms with Crippen molar-refractivity contribution in [1.29, 1.82) is 0 Å². The molecular formula is C30H36O11. The molecule has 11 nitrogen and oxygen atoms in total. The minimum absolute atomic E-state index is 0.0282. The van der Waals surface area contributed by atoms with E-state index in [1.165, 1.54) is 30.3 Å². The number of hydrogen-bond acceptors (Lipinski definition) is 7. The van der Waals surface area contributed by atoms with Gasteiger partial charge in [-0.05, 0) is 67.9 Å². The third kappa shape index (κ3) is 9.14. The fourth-order valence-electron chi connectivity index (χ4n) is 4.23. The normalized spacial score (nSPS) is 14.4. The van der Waals surface area contributed by atoms with Gasteiger partial charge in [0.05, 0.1) is 28.9 Å². The van der Waals surface area contributed by atoms with Gasteiger partial charge >= 0.3 is 29.8 Å². The molecule has 4 rings (SSSR count). The predicted molar refractivity (Wildman–Crippen MR) is 147 cm³/mol. The molecule has 1 saturated heterocycles. The largest absolute Gasteiger partial charge is 0.478 e. The van der Waals surface area contributed by atoms with Crippen molar-refractivity contribution in [2.75, 3.05) is 13.2 Å². The lowest BCUT2D eigenvalue weighted by molar-refractivity contribution is -0.175. The molecular weight excluding hydrogens is 536 g/mol. The summed E-state index contributed by atoms with van der Waals surface area (Å²) in [7, 11) is 0. The number of benzene rings is 2. The van der Waals surface area contributed by atoms with E-state index in [-0.39, 0.29) is 28.2 Å². The number of unbranched alkanes of at least 4 members (excludes halogenated alkanes) is 2. The first kappa shape index (κ1) is 33.0. The molecule has 1 spiro atoms. The van der Waals surface area contributed by atoms with Gasteiger partial charge in [0.1, 0.15) is 6.61 Å². The number of hydrogen-bond donors (Lipinski definition) is 4. The second-order valence-corrected chi connectivity index (χ2v) is 9.58. The molecule has 1 heterocycles. The highest BCUT2D eigenvalue weighted by atomic mass is 16.6. The lowest BCUT2D eigenvalue weighted by Gasteiger charge is -2.20. The van der Waals surface area contributed by atoms with Crippen LogP contribution in [0.3, 0.4) is 0 Å². The van der Waals surface area contributed by atoms with E-state index in [9.17, 15) is 29.1 Å². The van der Waals surface area contributed by atoms with E-state index in [1.54, 1.807) is 6.07 Å². The summed E-state index contributed by atoms with van der Waals surface area (Å²) in [6.45, 7) is 5.12. The molecule has 1 saturated carbocycles. The van der Waals surface area contributed by atoms with Gasteiger partial charge in [-0.3, -0.25) is 0 Å². The number of rotatable bonds is 10. The number of esters is 1. The van der Waals surface area contributed by atoms with E-state index >= 15 is 0 Å². The quantitative estimate of drug-likeness (QED) is 0.283. The van der Waals surface area contributed by atoms with Crippen LogP contribution < -0.4 is 0 Å². The standard InChI is InChI=1S/C16H22O4.C8H6O4.C6H8O3/c1-3-5-7-11-9-10-13(15(17)18)14(16(19)20)12(11)8-6-4-2;9-7(10)5-3-1-2-4-6(5)8(11)12;7-5-6(1-2-6)9-4-3-8-5/h9-10H,3-8H2,1-2H3,(H,17,18)(H,19,20);1-4H,(H,9,10)(H,11,12);1-4H2. The van der Waals surface area contributed by atoms with Crippen LogP contribution in [-0.2, 0) is 27.1 Å². The Labute approximate surface area is 237 Å². The third-order valence-electron chi connectivity index (χ3n) is 6.59. The Hall–Kier alpha value is -4.25.